The van der Waals surface area contributed by atoms with Crippen molar-refractivity contribution in [1.82, 2.24) is 4.98 Å². The molecule has 0 amide bonds. The number of hydrogen-bond donors (Lipinski definition) is 0. The van der Waals surface area contributed by atoms with Gasteiger partial charge in [0.1, 0.15) is 12.4 Å². The molecule has 0 aliphatic heterocycles. The third-order valence-electron chi connectivity index (χ3n) is 3.44. The maximum Gasteiger partial charge on any atom is 0.119 e. The van der Waals surface area contributed by atoms with Crippen LogP contribution in [0.15, 0.2) is 79.5 Å². The number of rotatable bonds is 5. The van der Waals surface area contributed by atoms with Crippen LogP contribution in [0.4, 0.5) is 0 Å². The summed E-state index contributed by atoms with van der Waals surface area (Å²) < 4.78 is 5.81. The van der Waals surface area contributed by atoms with E-state index < -0.39 is 0 Å². The lowest BCUT2D eigenvalue weighted by Gasteiger charge is -2.07. The standard InChI is InChI=1S/C20H17NO/c1-2-16-6-8-17(9-7-16)15-22-19-12-10-18(11-13-19)20-5-3-4-14-21-20/h2-14H,1,15H2. The number of nitrogens with zero attached hydrogens (tertiary/aromatic N) is 1. The Hall–Kier alpha value is -2.87. The molecule has 2 heteroatoms. The second kappa shape index (κ2) is 6.72. The highest BCUT2D eigenvalue weighted by Crippen LogP contribution is 2.21. The van der Waals surface area contributed by atoms with Crippen LogP contribution in [0.2, 0.25) is 0 Å². The average molecular weight is 287 g/mol. The Labute approximate surface area is 130 Å². The van der Waals surface area contributed by atoms with Crippen molar-refractivity contribution < 1.29 is 4.74 Å². The van der Waals surface area contributed by atoms with Gasteiger partial charge < -0.3 is 4.74 Å². The second-order valence-electron chi connectivity index (χ2n) is 4.97. The van der Waals surface area contributed by atoms with Crippen molar-refractivity contribution in [3.8, 4) is 17.0 Å². The minimum Gasteiger partial charge on any atom is -0.489 e. The molecule has 2 aromatic carbocycles. The van der Waals surface area contributed by atoms with E-state index in [2.05, 4.69) is 23.7 Å². The molecule has 0 atom stereocenters. The summed E-state index contributed by atoms with van der Waals surface area (Å²) in [7, 11) is 0. The van der Waals surface area contributed by atoms with E-state index in [4.69, 9.17) is 4.74 Å². The maximum atomic E-state index is 5.81. The number of aromatic nitrogens is 1. The predicted octanol–water partition coefficient (Wildman–Crippen LogP) is 4.97. The minimum atomic E-state index is 0.556. The SMILES string of the molecule is C=Cc1ccc(COc2ccc(-c3ccccn3)cc2)cc1. The molecule has 0 aliphatic carbocycles. The van der Waals surface area contributed by atoms with Crippen LogP contribution in [-0.4, -0.2) is 4.98 Å². The van der Waals surface area contributed by atoms with Gasteiger partial charge in [-0.2, -0.15) is 0 Å². The summed E-state index contributed by atoms with van der Waals surface area (Å²) in [6.45, 7) is 4.31. The van der Waals surface area contributed by atoms with Crippen molar-refractivity contribution in [1.29, 1.82) is 0 Å². The molecule has 1 heterocycles. The Morgan fingerprint density at radius 1 is 0.909 bits per heavy atom. The summed E-state index contributed by atoms with van der Waals surface area (Å²) in [4.78, 5) is 4.34. The van der Waals surface area contributed by atoms with Crippen LogP contribution in [0.25, 0.3) is 17.3 Å². The monoisotopic (exact) mass is 287 g/mol. The third-order valence-corrected chi connectivity index (χ3v) is 3.44. The van der Waals surface area contributed by atoms with Crippen molar-refractivity contribution in [3.05, 3.63) is 90.6 Å². The molecule has 0 fully saturated rings. The topological polar surface area (TPSA) is 22.1 Å². The summed E-state index contributed by atoms with van der Waals surface area (Å²) in [5.41, 5.74) is 4.31. The van der Waals surface area contributed by atoms with E-state index in [0.29, 0.717) is 6.61 Å². The van der Waals surface area contributed by atoms with Gasteiger partial charge in [-0.25, -0.2) is 0 Å². The van der Waals surface area contributed by atoms with Crippen LogP contribution in [0, 0.1) is 0 Å². The summed E-state index contributed by atoms with van der Waals surface area (Å²) in [5.74, 6) is 0.854. The molecule has 3 rings (SSSR count). The van der Waals surface area contributed by atoms with Crippen LogP contribution < -0.4 is 4.74 Å². The largest absolute Gasteiger partial charge is 0.489 e. The first-order valence-corrected chi connectivity index (χ1v) is 7.21. The zero-order chi connectivity index (χ0) is 15.2. The van der Waals surface area contributed by atoms with Gasteiger partial charge in [0.15, 0.2) is 0 Å². The lowest BCUT2D eigenvalue weighted by molar-refractivity contribution is 0.306. The Morgan fingerprint density at radius 2 is 1.68 bits per heavy atom. The first kappa shape index (κ1) is 14.1. The van der Waals surface area contributed by atoms with Crippen molar-refractivity contribution in [2.24, 2.45) is 0 Å². The molecule has 1 aromatic heterocycles. The molecule has 108 valence electrons. The van der Waals surface area contributed by atoms with Crippen LogP contribution in [-0.2, 0) is 6.61 Å². The van der Waals surface area contributed by atoms with Gasteiger partial charge in [-0.3, -0.25) is 4.98 Å². The summed E-state index contributed by atoms with van der Waals surface area (Å²) >= 11 is 0. The minimum absolute atomic E-state index is 0.556. The van der Waals surface area contributed by atoms with E-state index in [1.807, 2.05) is 60.7 Å². The smallest absolute Gasteiger partial charge is 0.119 e. The van der Waals surface area contributed by atoms with Crippen LogP contribution in [0.1, 0.15) is 11.1 Å². The summed E-state index contributed by atoms with van der Waals surface area (Å²) in [6.07, 6.45) is 3.63. The molecule has 0 aliphatic rings. The van der Waals surface area contributed by atoms with E-state index in [1.54, 1.807) is 6.20 Å². The van der Waals surface area contributed by atoms with Crippen molar-refractivity contribution in [2.45, 2.75) is 6.61 Å². The first-order valence-electron chi connectivity index (χ1n) is 7.21. The highest BCUT2D eigenvalue weighted by atomic mass is 16.5. The number of pyridine rings is 1. The zero-order valence-corrected chi connectivity index (χ0v) is 12.3. The molecular formula is C20H17NO. The molecule has 0 unspecified atom stereocenters. The van der Waals surface area contributed by atoms with Crippen molar-refractivity contribution in [3.63, 3.8) is 0 Å². The highest BCUT2D eigenvalue weighted by Gasteiger charge is 2.00. The molecule has 2 nitrogen and oxygen atoms in total. The van der Waals surface area contributed by atoms with E-state index in [1.165, 1.54) is 0 Å². The average Bonchev–Trinajstić information content (AvgIpc) is 2.61. The Morgan fingerprint density at radius 3 is 2.32 bits per heavy atom. The van der Waals surface area contributed by atoms with Gasteiger partial charge in [0.2, 0.25) is 0 Å². The van der Waals surface area contributed by atoms with Gasteiger partial charge in [-0.15, -0.1) is 0 Å². The summed E-state index contributed by atoms with van der Waals surface area (Å²) in [6, 6.07) is 22.1. The first-order chi connectivity index (χ1) is 10.8. The number of hydrogen-bond acceptors (Lipinski definition) is 2. The van der Waals surface area contributed by atoms with E-state index in [0.717, 1.165) is 28.1 Å². The van der Waals surface area contributed by atoms with Crippen molar-refractivity contribution >= 4 is 6.08 Å². The Bertz CT molecular complexity index is 731. The fraction of sp³-hybridized carbons (Fsp3) is 0.0500. The maximum absolute atomic E-state index is 5.81. The Balaban J connectivity index is 1.64. The lowest BCUT2D eigenvalue weighted by atomic mass is 10.1. The molecular weight excluding hydrogens is 270 g/mol. The van der Waals surface area contributed by atoms with Gasteiger partial charge in [0.05, 0.1) is 5.69 Å². The molecule has 0 spiro atoms. The molecule has 0 bridgehead atoms. The summed E-state index contributed by atoms with van der Waals surface area (Å²) in [5, 5.41) is 0. The molecule has 0 saturated carbocycles. The van der Waals surface area contributed by atoms with E-state index >= 15 is 0 Å². The van der Waals surface area contributed by atoms with Crippen LogP contribution in [0.5, 0.6) is 5.75 Å². The van der Waals surface area contributed by atoms with Crippen molar-refractivity contribution in [2.75, 3.05) is 0 Å². The quantitative estimate of drug-likeness (QED) is 0.661. The van der Waals surface area contributed by atoms with Crippen LogP contribution >= 0.6 is 0 Å². The second-order valence-corrected chi connectivity index (χ2v) is 4.97. The molecule has 0 radical (unpaired) electrons. The van der Waals surface area contributed by atoms with E-state index in [-0.39, 0.29) is 0 Å². The predicted molar refractivity (Wildman–Crippen MR) is 90.5 cm³/mol. The van der Waals surface area contributed by atoms with Gasteiger partial charge in [0, 0.05) is 11.8 Å². The highest BCUT2D eigenvalue weighted by molar-refractivity contribution is 5.59. The normalized spacial score (nSPS) is 10.2. The van der Waals surface area contributed by atoms with E-state index in [9.17, 15) is 0 Å². The number of ether oxygens (including phenoxy) is 1. The van der Waals surface area contributed by atoms with Gasteiger partial charge in [-0.1, -0.05) is 43.0 Å². The van der Waals surface area contributed by atoms with Crippen LogP contribution in [0.3, 0.4) is 0 Å². The molecule has 0 saturated heterocycles. The Kier molecular flexibility index (Phi) is 4.30. The van der Waals surface area contributed by atoms with Gasteiger partial charge >= 0.3 is 0 Å². The molecule has 22 heavy (non-hydrogen) atoms. The fourth-order valence-corrected chi connectivity index (χ4v) is 2.17. The molecule has 3 aromatic rings. The fourth-order valence-electron chi connectivity index (χ4n) is 2.17. The van der Waals surface area contributed by atoms with Gasteiger partial charge in [0.25, 0.3) is 0 Å². The third kappa shape index (κ3) is 3.41. The zero-order valence-electron chi connectivity index (χ0n) is 12.3. The van der Waals surface area contributed by atoms with Gasteiger partial charge in [-0.05, 0) is 47.5 Å². The molecule has 0 N–H and O–H groups in total. The lowest BCUT2D eigenvalue weighted by Crippen LogP contribution is -1.95. The number of benzene rings is 2.